The predicted octanol–water partition coefficient (Wildman–Crippen LogP) is 6.00. The molecular formula is C25H35NO2. The second kappa shape index (κ2) is 12.0. The van der Waals surface area contributed by atoms with Gasteiger partial charge in [0, 0.05) is 12.6 Å². The Morgan fingerprint density at radius 2 is 1.82 bits per heavy atom. The largest absolute Gasteiger partial charge is 0.496 e. The smallest absolute Gasteiger partial charge is 0.244 e. The molecule has 1 N–H and O–H groups in total. The van der Waals surface area contributed by atoms with E-state index in [9.17, 15) is 4.79 Å². The summed E-state index contributed by atoms with van der Waals surface area (Å²) in [6, 6.07) is 2.08. The van der Waals surface area contributed by atoms with Gasteiger partial charge >= 0.3 is 0 Å². The van der Waals surface area contributed by atoms with Crippen LogP contribution < -0.4 is 10.1 Å². The molecule has 0 atom stereocenters. The molecule has 0 heterocycles. The van der Waals surface area contributed by atoms with Gasteiger partial charge in [0.15, 0.2) is 0 Å². The fraction of sp³-hybridized carbons (Fsp3) is 0.400. The molecule has 152 valence electrons. The van der Waals surface area contributed by atoms with Gasteiger partial charge in [-0.15, -0.1) is 0 Å². The lowest BCUT2D eigenvalue weighted by molar-refractivity contribution is -0.116. The van der Waals surface area contributed by atoms with Crippen LogP contribution >= 0.6 is 0 Å². The Kier molecular flexibility index (Phi) is 10.1. The van der Waals surface area contributed by atoms with Gasteiger partial charge in [-0.2, -0.15) is 0 Å². The topological polar surface area (TPSA) is 38.3 Å². The Hall–Kier alpha value is -2.55. The van der Waals surface area contributed by atoms with Crippen molar-refractivity contribution in [1.82, 2.24) is 5.32 Å². The first-order chi connectivity index (χ1) is 13.3. The highest BCUT2D eigenvalue weighted by molar-refractivity contribution is 5.88. The van der Waals surface area contributed by atoms with Crippen LogP contribution in [0.1, 0.15) is 55.9 Å². The summed E-state index contributed by atoms with van der Waals surface area (Å²) in [5, 5.41) is 2.89. The molecule has 0 saturated carbocycles. The maximum absolute atomic E-state index is 11.8. The van der Waals surface area contributed by atoms with Crippen molar-refractivity contribution < 1.29 is 9.53 Å². The number of unbranched alkanes of at least 4 members (excludes halogenated alkanes) is 1. The lowest BCUT2D eigenvalue weighted by atomic mass is 9.96. The number of aryl methyl sites for hydroxylation is 1. The number of hydrogen-bond acceptors (Lipinski definition) is 2. The van der Waals surface area contributed by atoms with Gasteiger partial charge in [-0.3, -0.25) is 4.79 Å². The Labute approximate surface area is 170 Å². The molecule has 0 aliphatic rings. The van der Waals surface area contributed by atoms with Crippen molar-refractivity contribution in [2.75, 3.05) is 13.7 Å². The SMILES string of the molecule is CCCCNC(=O)C=C(C)C=CC=C(C)C=Cc1c(C)cc(OC)c(C)c1C. The minimum absolute atomic E-state index is 0.0305. The van der Waals surface area contributed by atoms with E-state index < -0.39 is 0 Å². The third-order valence-corrected chi connectivity index (χ3v) is 4.75. The number of benzene rings is 1. The summed E-state index contributed by atoms with van der Waals surface area (Å²) in [5.41, 5.74) is 6.92. The van der Waals surface area contributed by atoms with Crippen molar-refractivity contribution in [2.24, 2.45) is 0 Å². The molecule has 28 heavy (non-hydrogen) atoms. The van der Waals surface area contributed by atoms with E-state index in [1.807, 2.05) is 25.2 Å². The predicted molar refractivity (Wildman–Crippen MR) is 121 cm³/mol. The molecule has 0 aliphatic carbocycles. The van der Waals surface area contributed by atoms with E-state index in [1.165, 1.54) is 22.3 Å². The highest BCUT2D eigenvalue weighted by atomic mass is 16.5. The van der Waals surface area contributed by atoms with Crippen molar-refractivity contribution in [3.63, 3.8) is 0 Å². The van der Waals surface area contributed by atoms with Gasteiger partial charge in [0.25, 0.3) is 0 Å². The molecule has 3 heteroatoms. The Bertz CT molecular complexity index is 795. The average Bonchev–Trinajstić information content (AvgIpc) is 2.64. The van der Waals surface area contributed by atoms with Crippen LogP contribution in [0.25, 0.3) is 6.08 Å². The molecular weight excluding hydrogens is 346 g/mol. The minimum atomic E-state index is -0.0305. The van der Waals surface area contributed by atoms with Crippen molar-refractivity contribution >= 4 is 12.0 Å². The van der Waals surface area contributed by atoms with Crippen LogP contribution in [0.5, 0.6) is 5.75 Å². The van der Waals surface area contributed by atoms with Gasteiger partial charge in [0.2, 0.25) is 5.91 Å². The standard InChI is InChI=1S/C25H35NO2/c1-8-9-15-26-25(27)16-19(3)12-10-11-18(2)13-14-23-20(4)17-24(28-7)22(6)21(23)5/h10-14,16-17H,8-9,15H2,1-7H3,(H,26,27). The number of nitrogens with one attached hydrogen (secondary N) is 1. The first-order valence-corrected chi connectivity index (χ1v) is 9.94. The summed E-state index contributed by atoms with van der Waals surface area (Å²) in [7, 11) is 1.71. The molecule has 0 saturated heterocycles. The third-order valence-electron chi connectivity index (χ3n) is 4.75. The van der Waals surface area contributed by atoms with Crippen LogP contribution in [0.3, 0.4) is 0 Å². The monoisotopic (exact) mass is 381 g/mol. The van der Waals surface area contributed by atoms with E-state index in [1.54, 1.807) is 13.2 Å². The molecule has 0 spiro atoms. The van der Waals surface area contributed by atoms with E-state index in [-0.39, 0.29) is 5.91 Å². The Balaban J connectivity index is 2.79. The quantitative estimate of drug-likeness (QED) is 0.324. The zero-order chi connectivity index (χ0) is 21.1. The third kappa shape index (κ3) is 7.59. The van der Waals surface area contributed by atoms with Crippen molar-refractivity contribution in [3.8, 4) is 5.75 Å². The maximum atomic E-state index is 11.8. The number of rotatable bonds is 9. The van der Waals surface area contributed by atoms with E-state index in [4.69, 9.17) is 4.74 Å². The molecule has 0 aliphatic heterocycles. The number of methoxy groups -OCH3 is 1. The fourth-order valence-electron chi connectivity index (χ4n) is 2.85. The van der Waals surface area contributed by atoms with E-state index in [0.717, 1.165) is 36.3 Å². The molecule has 0 fully saturated rings. The second-order valence-corrected chi connectivity index (χ2v) is 7.20. The molecule has 0 bridgehead atoms. The number of carbonyl (C=O) groups is 1. The van der Waals surface area contributed by atoms with Crippen molar-refractivity contribution in [3.05, 3.63) is 69.8 Å². The highest BCUT2D eigenvalue weighted by Crippen LogP contribution is 2.28. The van der Waals surface area contributed by atoms with Crippen molar-refractivity contribution in [1.29, 1.82) is 0 Å². The van der Waals surface area contributed by atoms with Gasteiger partial charge < -0.3 is 10.1 Å². The number of amides is 1. The molecule has 1 aromatic carbocycles. The van der Waals surface area contributed by atoms with Gasteiger partial charge in [0.05, 0.1) is 7.11 Å². The number of allylic oxidation sites excluding steroid dienone is 6. The van der Waals surface area contributed by atoms with Crippen LogP contribution in [-0.4, -0.2) is 19.6 Å². The summed E-state index contributed by atoms with van der Waals surface area (Å²) < 4.78 is 5.44. The number of carbonyl (C=O) groups excluding carboxylic acids is 1. The molecule has 0 aromatic heterocycles. The summed E-state index contributed by atoms with van der Waals surface area (Å²) in [6.45, 7) is 13.2. The van der Waals surface area contributed by atoms with Crippen LogP contribution in [0.2, 0.25) is 0 Å². The molecule has 1 aromatic rings. The van der Waals surface area contributed by atoms with Crippen LogP contribution in [0.4, 0.5) is 0 Å². The van der Waals surface area contributed by atoms with E-state index >= 15 is 0 Å². The Morgan fingerprint density at radius 1 is 1.11 bits per heavy atom. The fourth-order valence-corrected chi connectivity index (χ4v) is 2.85. The minimum Gasteiger partial charge on any atom is -0.496 e. The number of hydrogen-bond donors (Lipinski definition) is 1. The number of ether oxygens (including phenoxy) is 1. The molecule has 1 rings (SSSR count). The zero-order valence-corrected chi connectivity index (χ0v) is 18.5. The lowest BCUT2D eigenvalue weighted by Crippen LogP contribution is -2.22. The maximum Gasteiger partial charge on any atom is 0.244 e. The normalized spacial score (nSPS) is 12.8. The lowest BCUT2D eigenvalue weighted by Gasteiger charge is -2.13. The van der Waals surface area contributed by atoms with Gasteiger partial charge in [-0.05, 0) is 74.9 Å². The Morgan fingerprint density at radius 3 is 2.46 bits per heavy atom. The average molecular weight is 382 g/mol. The van der Waals surface area contributed by atoms with E-state index in [2.05, 4.69) is 58.2 Å². The van der Waals surface area contributed by atoms with Gasteiger partial charge in [0.1, 0.15) is 5.75 Å². The molecule has 1 amide bonds. The van der Waals surface area contributed by atoms with Gasteiger partial charge in [-0.25, -0.2) is 0 Å². The van der Waals surface area contributed by atoms with Crippen LogP contribution in [0.15, 0.2) is 47.6 Å². The first kappa shape index (κ1) is 23.5. The summed E-state index contributed by atoms with van der Waals surface area (Å²) in [6.07, 6.45) is 14.0. The molecule has 0 unspecified atom stereocenters. The van der Waals surface area contributed by atoms with Crippen LogP contribution in [0, 0.1) is 20.8 Å². The van der Waals surface area contributed by atoms with Crippen LogP contribution in [-0.2, 0) is 4.79 Å². The summed E-state index contributed by atoms with van der Waals surface area (Å²) in [5.74, 6) is 0.903. The second-order valence-electron chi connectivity index (χ2n) is 7.20. The highest BCUT2D eigenvalue weighted by Gasteiger charge is 2.08. The first-order valence-electron chi connectivity index (χ1n) is 9.94. The van der Waals surface area contributed by atoms with E-state index in [0.29, 0.717) is 0 Å². The van der Waals surface area contributed by atoms with Crippen molar-refractivity contribution in [2.45, 2.75) is 54.4 Å². The molecule has 0 radical (unpaired) electrons. The molecule has 3 nitrogen and oxygen atoms in total. The summed E-state index contributed by atoms with van der Waals surface area (Å²) in [4.78, 5) is 11.8. The zero-order valence-electron chi connectivity index (χ0n) is 18.5. The summed E-state index contributed by atoms with van der Waals surface area (Å²) >= 11 is 0. The van der Waals surface area contributed by atoms with Gasteiger partial charge in [-0.1, -0.05) is 49.3 Å².